The third-order valence-electron chi connectivity index (χ3n) is 2.46. The molecule has 2 N–H and O–H groups in total. The summed E-state index contributed by atoms with van der Waals surface area (Å²) in [5.41, 5.74) is 6.47. The zero-order chi connectivity index (χ0) is 15.9. The van der Waals surface area contributed by atoms with Crippen LogP contribution in [0.5, 0.6) is 11.5 Å². The van der Waals surface area contributed by atoms with Crippen molar-refractivity contribution in [3.63, 3.8) is 0 Å². The first-order valence-corrected chi connectivity index (χ1v) is 7.00. The van der Waals surface area contributed by atoms with Crippen molar-refractivity contribution in [2.75, 3.05) is 33.5 Å². The van der Waals surface area contributed by atoms with E-state index in [1.165, 1.54) is 7.11 Å². The summed E-state index contributed by atoms with van der Waals surface area (Å²) in [4.78, 5) is 0. The summed E-state index contributed by atoms with van der Waals surface area (Å²) >= 11 is 3.34. The molecule has 1 aromatic rings. The topological polar surface area (TPSA) is 53.7 Å². The Hall–Kier alpha value is -0.990. The number of rotatable bonds is 8. The minimum atomic E-state index is -4.33. The molecule has 0 heterocycles. The van der Waals surface area contributed by atoms with Gasteiger partial charge in [-0.05, 0) is 46.6 Å². The van der Waals surface area contributed by atoms with Gasteiger partial charge in [0.1, 0.15) is 13.2 Å². The highest BCUT2D eigenvalue weighted by Crippen LogP contribution is 2.36. The van der Waals surface area contributed by atoms with Gasteiger partial charge in [0, 0.05) is 0 Å². The number of hydrogen-bond donors (Lipinski definition) is 1. The van der Waals surface area contributed by atoms with Gasteiger partial charge in [-0.15, -0.1) is 0 Å². The first-order chi connectivity index (χ1) is 9.87. The molecule has 21 heavy (non-hydrogen) atoms. The van der Waals surface area contributed by atoms with Crippen molar-refractivity contribution < 1.29 is 27.4 Å². The highest BCUT2D eigenvalue weighted by atomic mass is 79.9. The first kappa shape index (κ1) is 18.1. The molecule has 0 atom stereocenters. The van der Waals surface area contributed by atoms with Crippen LogP contribution in [0.2, 0.25) is 0 Å². The molecule has 0 aliphatic rings. The van der Waals surface area contributed by atoms with E-state index in [4.69, 9.17) is 15.2 Å². The fourth-order valence-electron chi connectivity index (χ4n) is 1.61. The highest BCUT2D eigenvalue weighted by Gasteiger charge is 2.27. The van der Waals surface area contributed by atoms with Crippen LogP contribution >= 0.6 is 15.9 Å². The molecule has 120 valence electrons. The standard InChI is InChI=1S/C13H17BrF3NO3/c1-19-11-7-9(2-3-18)6-10(14)12(11)21-5-4-20-8-13(15,16)17/h6-7H,2-5,8,18H2,1H3. The summed E-state index contributed by atoms with van der Waals surface area (Å²) in [6, 6.07) is 3.62. The van der Waals surface area contributed by atoms with Crippen molar-refractivity contribution >= 4 is 15.9 Å². The van der Waals surface area contributed by atoms with Crippen LogP contribution in [0, 0.1) is 0 Å². The maximum atomic E-state index is 11.9. The zero-order valence-electron chi connectivity index (χ0n) is 11.5. The average Bonchev–Trinajstić information content (AvgIpc) is 2.39. The summed E-state index contributed by atoms with van der Waals surface area (Å²) in [6.07, 6.45) is -3.65. The second kappa shape index (κ2) is 8.45. The number of halogens is 4. The lowest BCUT2D eigenvalue weighted by atomic mass is 10.1. The van der Waals surface area contributed by atoms with Crippen LogP contribution in [-0.4, -0.2) is 39.7 Å². The number of methoxy groups -OCH3 is 1. The maximum Gasteiger partial charge on any atom is 0.411 e. The van der Waals surface area contributed by atoms with E-state index in [0.717, 1.165) is 5.56 Å². The van der Waals surface area contributed by atoms with E-state index in [1.54, 1.807) is 6.07 Å². The van der Waals surface area contributed by atoms with Crippen LogP contribution in [0.25, 0.3) is 0 Å². The van der Waals surface area contributed by atoms with Gasteiger partial charge in [0.2, 0.25) is 0 Å². The Bertz CT molecular complexity index is 455. The lowest BCUT2D eigenvalue weighted by Crippen LogP contribution is -2.19. The van der Waals surface area contributed by atoms with E-state index in [-0.39, 0.29) is 13.2 Å². The van der Waals surface area contributed by atoms with Gasteiger partial charge in [-0.2, -0.15) is 13.2 Å². The summed E-state index contributed by atoms with van der Waals surface area (Å²) < 4.78 is 51.5. The third kappa shape index (κ3) is 6.54. The van der Waals surface area contributed by atoms with Crippen LogP contribution in [0.1, 0.15) is 5.56 Å². The molecule has 0 saturated carbocycles. The van der Waals surface area contributed by atoms with Crippen LogP contribution in [0.15, 0.2) is 16.6 Å². The molecule has 4 nitrogen and oxygen atoms in total. The van der Waals surface area contributed by atoms with Crippen LogP contribution < -0.4 is 15.2 Å². The minimum Gasteiger partial charge on any atom is -0.493 e. The van der Waals surface area contributed by atoms with Crippen molar-refractivity contribution in [2.24, 2.45) is 5.73 Å². The Morgan fingerprint density at radius 2 is 1.95 bits per heavy atom. The first-order valence-electron chi connectivity index (χ1n) is 6.21. The van der Waals surface area contributed by atoms with Crippen molar-refractivity contribution in [2.45, 2.75) is 12.6 Å². The summed E-state index contributed by atoms with van der Waals surface area (Å²) in [5.74, 6) is 0.914. The van der Waals surface area contributed by atoms with Gasteiger partial charge in [-0.25, -0.2) is 0 Å². The Morgan fingerprint density at radius 1 is 1.24 bits per heavy atom. The summed E-state index contributed by atoms with van der Waals surface area (Å²) in [5, 5.41) is 0. The van der Waals surface area contributed by atoms with E-state index in [0.29, 0.717) is 28.9 Å². The van der Waals surface area contributed by atoms with Crippen molar-refractivity contribution in [1.82, 2.24) is 0 Å². The molecule has 0 spiro atoms. The maximum absolute atomic E-state index is 11.9. The van der Waals surface area contributed by atoms with Gasteiger partial charge < -0.3 is 19.9 Å². The molecule has 1 rings (SSSR count). The molecule has 8 heteroatoms. The fourth-order valence-corrected chi connectivity index (χ4v) is 2.22. The van der Waals surface area contributed by atoms with Gasteiger partial charge in [0.15, 0.2) is 11.5 Å². The monoisotopic (exact) mass is 371 g/mol. The number of hydrogen-bond acceptors (Lipinski definition) is 4. The number of nitrogens with two attached hydrogens (primary N) is 1. The number of benzene rings is 1. The normalized spacial score (nSPS) is 11.5. The van der Waals surface area contributed by atoms with E-state index < -0.39 is 12.8 Å². The number of ether oxygens (including phenoxy) is 3. The molecular formula is C13H17BrF3NO3. The van der Waals surface area contributed by atoms with Crippen molar-refractivity contribution in [1.29, 1.82) is 0 Å². The van der Waals surface area contributed by atoms with Crippen LogP contribution in [-0.2, 0) is 11.2 Å². The lowest BCUT2D eigenvalue weighted by Gasteiger charge is -2.14. The Morgan fingerprint density at radius 3 is 2.52 bits per heavy atom. The minimum absolute atomic E-state index is 0.0126. The van der Waals surface area contributed by atoms with E-state index in [1.807, 2.05) is 6.07 Å². The summed E-state index contributed by atoms with van der Waals surface area (Å²) in [6.45, 7) is -0.966. The average molecular weight is 372 g/mol. The quantitative estimate of drug-likeness (QED) is 0.713. The van der Waals surface area contributed by atoms with E-state index in [2.05, 4.69) is 20.7 Å². The van der Waals surface area contributed by atoms with Gasteiger partial charge in [0.25, 0.3) is 0 Å². The van der Waals surface area contributed by atoms with E-state index >= 15 is 0 Å². The molecule has 0 radical (unpaired) electrons. The van der Waals surface area contributed by atoms with Crippen molar-refractivity contribution in [3.05, 3.63) is 22.2 Å². The largest absolute Gasteiger partial charge is 0.493 e. The van der Waals surface area contributed by atoms with Crippen molar-refractivity contribution in [3.8, 4) is 11.5 Å². The Balaban J connectivity index is 2.58. The highest BCUT2D eigenvalue weighted by molar-refractivity contribution is 9.10. The number of alkyl halides is 3. The van der Waals surface area contributed by atoms with Gasteiger partial charge in [0.05, 0.1) is 18.2 Å². The fraction of sp³-hybridized carbons (Fsp3) is 0.538. The van der Waals surface area contributed by atoms with Gasteiger partial charge in [-0.3, -0.25) is 0 Å². The molecule has 1 aromatic carbocycles. The molecule has 0 fully saturated rings. The van der Waals surface area contributed by atoms with E-state index in [9.17, 15) is 13.2 Å². The molecule has 0 saturated heterocycles. The Labute approximate surface area is 129 Å². The molecule has 0 bridgehead atoms. The SMILES string of the molecule is COc1cc(CCN)cc(Br)c1OCCOCC(F)(F)F. The van der Waals surface area contributed by atoms with Gasteiger partial charge >= 0.3 is 6.18 Å². The smallest absolute Gasteiger partial charge is 0.411 e. The molecule has 0 aliphatic carbocycles. The van der Waals surface area contributed by atoms with Gasteiger partial charge in [-0.1, -0.05) is 0 Å². The molecule has 0 amide bonds. The third-order valence-corrected chi connectivity index (χ3v) is 3.05. The predicted molar refractivity (Wildman–Crippen MR) is 75.8 cm³/mol. The zero-order valence-corrected chi connectivity index (χ0v) is 13.1. The molecule has 0 aromatic heterocycles. The van der Waals surface area contributed by atoms with Crippen LogP contribution in [0.3, 0.4) is 0 Å². The second-order valence-electron chi connectivity index (χ2n) is 4.16. The molecule has 0 aliphatic heterocycles. The van der Waals surface area contributed by atoms with Crippen LogP contribution in [0.4, 0.5) is 13.2 Å². The lowest BCUT2D eigenvalue weighted by molar-refractivity contribution is -0.175. The second-order valence-corrected chi connectivity index (χ2v) is 5.02. The molecule has 0 unspecified atom stereocenters. The Kier molecular flexibility index (Phi) is 7.27. The molecular weight excluding hydrogens is 355 g/mol. The summed E-state index contributed by atoms with van der Waals surface area (Å²) in [7, 11) is 1.49. The predicted octanol–water partition coefficient (Wildman–Crippen LogP) is 2.92.